The van der Waals surface area contributed by atoms with Crippen molar-refractivity contribution in [2.24, 2.45) is 0 Å². The summed E-state index contributed by atoms with van der Waals surface area (Å²) in [6.07, 6.45) is 5.92. The second-order valence-corrected chi connectivity index (χ2v) is 4.04. The van der Waals surface area contributed by atoms with Gasteiger partial charge in [-0.1, -0.05) is 6.08 Å². The van der Waals surface area contributed by atoms with Crippen molar-refractivity contribution in [3.05, 3.63) is 35.5 Å². The summed E-state index contributed by atoms with van der Waals surface area (Å²) < 4.78 is 0. The van der Waals surface area contributed by atoms with Crippen molar-refractivity contribution in [1.29, 1.82) is 0 Å². The summed E-state index contributed by atoms with van der Waals surface area (Å²) >= 11 is 0. The maximum atomic E-state index is 9.44. The van der Waals surface area contributed by atoms with E-state index in [9.17, 15) is 5.11 Å². The van der Waals surface area contributed by atoms with Crippen LogP contribution in [-0.4, -0.2) is 5.11 Å². The molecule has 1 aliphatic heterocycles. The van der Waals surface area contributed by atoms with E-state index < -0.39 is 0 Å². The van der Waals surface area contributed by atoms with Crippen molar-refractivity contribution in [2.75, 3.05) is 5.32 Å². The molecule has 1 aliphatic carbocycles. The van der Waals surface area contributed by atoms with Gasteiger partial charge in [-0.25, -0.2) is 0 Å². The van der Waals surface area contributed by atoms with Crippen LogP contribution in [0.1, 0.15) is 30.7 Å². The molecule has 1 aromatic rings. The first-order valence-corrected chi connectivity index (χ1v) is 5.14. The van der Waals surface area contributed by atoms with Crippen molar-refractivity contribution >= 4 is 5.69 Å². The molecule has 0 saturated carbocycles. The predicted molar refractivity (Wildman–Crippen MR) is 56.4 cm³/mol. The maximum absolute atomic E-state index is 9.44. The molecule has 2 nitrogen and oxygen atoms in total. The van der Waals surface area contributed by atoms with E-state index in [-0.39, 0.29) is 0 Å². The van der Waals surface area contributed by atoms with Crippen LogP contribution < -0.4 is 5.32 Å². The lowest BCUT2D eigenvalue weighted by molar-refractivity contribution is 0.474. The summed E-state index contributed by atoms with van der Waals surface area (Å²) in [7, 11) is 0. The van der Waals surface area contributed by atoms with Gasteiger partial charge in [0.2, 0.25) is 0 Å². The molecule has 0 radical (unpaired) electrons. The number of anilines is 1. The molecule has 3 rings (SSSR count). The Bertz CT molecular complexity index is 409. The average molecular weight is 187 g/mol. The van der Waals surface area contributed by atoms with Crippen molar-refractivity contribution in [3.63, 3.8) is 0 Å². The molecule has 72 valence electrons. The third-order valence-corrected chi connectivity index (χ3v) is 3.13. The SMILES string of the molecule is Oc1ccc2c(c1)C1CCCC=C1N2. The third-order valence-electron chi connectivity index (χ3n) is 3.13. The molecule has 1 heterocycles. The molecule has 2 N–H and O–H groups in total. The summed E-state index contributed by atoms with van der Waals surface area (Å²) in [6.45, 7) is 0. The number of aromatic hydroxyl groups is 1. The molecule has 0 spiro atoms. The smallest absolute Gasteiger partial charge is 0.116 e. The lowest BCUT2D eigenvalue weighted by Crippen LogP contribution is -2.04. The van der Waals surface area contributed by atoms with Gasteiger partial charge in [0, 0.05) is 17.3 Å². The van der Waals surface area contributed by atoms with E-state index in [0.717, 1.165) is 0 Å². The number of hydrogen-bond acceptors (Lipinski definition) is 2. The van der Waals surface area contributed by atoms with Gasteiger partial charge >= 0.3 is 0 Å². The van der Waals surface area contributed by atoms with Gasteiger partial charge in [0.05, 0.1) is 0 Å². The molecule has 1 aromatic carbocycles. The predicted octanol–water partition coefficient (Wildman–Crippen LogP) is 2.97. The average Bonchev–Trinajstić information content (AvgIpc) is 2.56. The van der Waals surface area contributed by atoms with E-state index in [0.29, 0.717) is 11.7 Å². The van der Waals surface area contributed by atoms with E-state index in [2.05, 4.69) is 11.4 Å². The van der Waals surface area contributed by atoms with Crippen LogP contribution in [0.5, 0.6) is 5.75 Å². The van der Waals surface area contributed by atoms with Gasteiger partial charge in [-0.15, -0.1) is 0 Å². The van der Waals surface area contributed by atoms with Gasteiger partial charge in [0.1, 0.15) is 5.75 Å². The molecule has 1 atom stereocenters. The Morgan fingerprint density at radius 3 is 3.21 bits per heavy atom. The first-order chi connectivity index (χ1) is 6.84. The van der Waals surface area contributed by atoms with Crippen LogP contribution in [0.4, 0.5) is 5.69 Å². The van der Waals surface area contributed by atoms with Crippen LogP contribution in [-0.2, 0) is 0 Å². The molecule has 2 aliphatic rings. The second-order valence-electron chi connectivity index (χ2n) is 4.04. The van der Waals surface area contributed by atoms with Crippen molar-refractivity contribution in [1.82, 2.24) is 0 Å². The summed E-state index contributed by atoms with van der Waals surface area (Å²) in [6, 6.07) is 5.59. The lowest BCUT2D eigenvalue weighted by Gasteiger charge is -2.16. The first-order valence-electron chi connectivity index (χ1n) is 5.14. The number of phenols is 1. The van der Waals surface area contributed by atoms with E-state index in [1.54, 1.807) is 6.07 Å². The minimum absolute atomic E-state index is 0.373. The molecule has 1 unspecified atom stereocenters. The van der Waals surface area contributed by atoms with Gasteiger partial charge < -0.3 is 10.4 Å². The van der Waals surface area contributed by atoms with Crippen LogP contribution >= 0.6 is 0 Å². The zero-order chi connectivity index (χ0) is 9.54. The van der Waals surface area contributed by atoms with Gasteiger partial charge in [0.25, 0.3) is 0 Å². The Labute approximate surface area is 83.3 Å². The Morgan fingerprint density at radius 2 is 2.29 bits per heavy atom. The quantitative estimate of drug-likeness (QED) is 0.612. The van der Waals surface area contributed by atoms with E-state index >= 15 is 0 Å². The molecule has 0 fully saturated rings. The molecule has 0 amide bonds. The zero-order valence-electron chi connectivity index (χ0n) is 7.96. The van der Waals surface area contributed by atoms with E-state index in [1.807, 2.05) is 12.1 Å². The molecular weight excluding hydrogens is 174 g/mol. The molecule has 2 heteroatoms. The standard InChI is InChI=1S/C12H13NO/c14-8-5-6-12-10(7-8)9-3-1-2-4-11(9)13-12/h4-7,9,13-14H,1-3H2. The number of nitrogens with one attached hydrogen (secondary N) is 1. The second kappa shape index (κ2) is 2.77. The first kappa shape index (κ1) is 7.92. The largest absolute Gasteiger partial charge is 0.508 e. The fraction of sp³-hybridized carbons (Fsp3) is 0.333. The minimum Gasteiger partial charge on any atom is -0.508 e. The van der Waals surface area contributed by atoms with Crippen LogP contribution in [0.3, 0.4) is 0 Å². The van der Waals surface area contributed by atoms with Crippen LogP contribution in [0, 0.1) is 0 Å². The topological polar surface area (TPSA) is 32.3 Å². The fourth-order valence-corrected chi connectivity index (χ4v) is 2.45. The van der Waals surface area contributed by atoms with Crippen molar-refractivity contribution in [2.45, 2.75) is 25.2 Å². The van der Waals surface area contributed by atoms with Gasteiger partial charge in [-0.3, -0.25) is 0 Å². The van der Waals surface area contributed by atoms with E-state index in [4.69, 9.17) is 0 Å². The molecule has 0 aromatic heterocycles. The van der Waals surface area contributed by atoms with E-state index in [1.165, 1.54) is 36.2 Å². The van der Waals surface area contributed by atoms with Crippen LogP contribution in [0.15, 0.2) is 30.0 Å². The van der Waals surface area contributed by atoms with Gasteiger partial charge in [-0.2, -0.15) is 0 Å². The Balaban J connectivity index is 2.12. The minimum atomic E-state index is 0.373. The normalized spacial score (nSPS) is 23.4. The molecule has 0 bridgehead atoms. The Morgan fingerprint density at radius 1 is 1.36 bits per heavy atom. The summed E-state index contributed by atoms with van der Waals surface area (Å²) in [5, 5.41) is 12.9. The molecular formula is C12H13NO. The number of hydrogen-bond donors (Lipinski definition) is 2. The lowest BCUT2D eigenvalue weighted by atomic mass is 9.89. The monoisotopic (exact) mass is 187 g/mol. The highest BCUT2D eigenvalue weighted by Crippen LogP contribution is 2.44. The number of fused-ring (bicyclic) bond motifs is 3. The van der Waals surface area contributed by atoms with Crippen molar-refractivity contribution in [3.8, 4) is 5.75 Å². The molecule has 14 heavy (non-hydrogen) atoms. The van der Waals surface area contributed by atoms with Crippen molar-refractivity contribution < 1.29 is 5.11 Å². The summed E-state index contributed by atoms with van der Waals surface area (Å²) in [4.78, 5) is 0. The number of allylic oxidation sites excluding steroid dienone is 2. The summed E-state index contributed by atoms with van der Waals surface area (Å²) in [5.74, 6) is 0.878. The van der Waals surface area contributed by atoms with Crippen LogP contribution in [0.2, 0.25) is 0 Å². The highest BCUT2D eigenvalue weighted by molar-refractivity contribution is 5.67. The van der Waals surface area contributed by atoms with Gasteiger partial charge in [0.15, 0.2) is 0 Å². The highest BCUT2D eigenvalue weighted by Gasteiger charge is 2.28. The fourth-order valence-electron chi connectivity index (χ4n) is 2.45. The number of benzene rings is 1. The zero-order valence-corrected chi connectivity index (χ0v) is 7.96. The summed E-state index contributed by atoms with van der Waals surface area (Å²) in [5.41, 5.74) is 3.76. The number of rotatable bonds is 0. The van der Waals surface area contributed by atoms with Crippen LogP contribution in [0.25, 0.3) is 0 Å². The Hall–Kier alpha value is -1.44. The highest BCUT2D eigenvalue weighted by atomic mass is 16.3. The van der Waals surface area contributed by atoms with Gasteiger partial charge in [-0.05, 0) is 43.0 Å². The maximum Gasteiger partial charge on any atom is 0.116 e. The third kappa shape index (κ3) is 1.03. The Kier molecular flexibility index (Phi) is 1.57. The number of phenolic OH excluding ortho intramolecular Hbond substituents is 1. The molecule has 0 saturated heterocycles.